The van der Waals surface area contributed by atoms with Crippen LogP contribution >= 0.6 is 0 Å². The summed E-state index contributed by atoms with van der Waals surface area (Å²) in [5, 5.41) is 9.82. The normalized spacial score (nSPS) is 10.4. The number of aromatic nitrogens is 1. The fraction of sp³-hybridized carbons (Fsp3) is 0. The van der Waals surface area contributed by atoms with E-state index < -0.39 is 0 Å². The highest BCUT2D eigenvalue weighted by atomic mass is 16.3. The van der Waals surface area contributed by atoms with Crippen molar-refractivity contribution >= 4 is 0 Å². The van der Waals surface area contributed by atoms with E-state index in [0.717, 1.165) is 22.4 Å². The van der Waals surface area contributed by atoms with Crippen LogP contribution in [0.2, 0.25) is 0 Å². The van der Waals surface area contributed by atoms with Crippen LogP contribution in [0.1, 0.15) is 0 Å². The summed E-state index contributed by atoms with van der Waals surface area (Å²) < 4.78 is 0. The predicted octanol–water partition coefficient (Wildman–Crippen LogP) is 4.05. The monoisotopic (exact) mass is 235 g/mol. The van der Waals surface area contributed by atoms with Crippen LogP contribution in [0.25, 0.3) is 22.4 Å². The fourth-order valence-electron chi connectivity index (χ4n) is 2.05. The summed E-state index contributed by atoms with van der Waals surface area (Å²) in [6.45, 7) is 0. The molecule has 3 aromatic rings. The van der Waals surface area contributed by atoms with Crippen LogP contribution in [-0.4, -0.2) is 10.1 Å². The van der Waals surface area contributed by atoms with E-state index in [1.54, 1.807) is 6.07 Å². The van der Waals surface area contributed by atoms with Gasteiger partial charge >= 0.3 is 0 Å². The number of rotatable bonds is 2. The summed E-state index contributed by atoms with van der Waals surface area (Å²) >= 11 is 0. The van der Waals surface area contributed by atoms with Crippen molar-refractivity contribution < 1.29 is 5.11 Å². The second-order valence-corrected chi connectivity index (χ2v) is 4.19. The first kappa shape index (κ1) is 10.7. The van der Waals surface area contributed by atoms with Crippen LogP contribution < -0.4 is 0 Å². The molecule has 0 saturated carbocycles. The Labute approximate surface area is 106 Å². The summed E-state index contributed by atoms with van der Waals surface area (Å²) in [4.78, 5) is 3.20. The molecule has 0 atom stereocenters. The van der Waals surface area contributed by atoms with E-state index in [0.29, 0.717) is 5.75 Å². The largest absolute Gasteiger partial charge is 0.507 e. The van der Waals surface area contributed by atoms with Gasteiger partial charge in [-0.15, -0.1) is 0 Å². The number of H-pyrrole nitrogens is 1. The minimum absolute atomic E-state index is 0.291. The molecule has 0 fully saturated rings. The Morgan fingerprint density at radius 3 is 2.28 bits per heavy atom. The van der Waals surface area contributed by atoms with Gasteiger partial charge in [-0.25, -0.2) is 0 Å². The van der Waals surface area contributed by atoms with Crippen LogP contribution in [0.3, 0.4) is 0 Å². The zero-order valence-corrected chi connectivity index (χ0v) is 9.80. The summed E-state index contributed by atoms with van der Waals surface area (Å²) in [6.07, 6.45) is 1.96. The molecule has 2 heteroatoms. The molecule has 0 aliphatic carbocycles. The van der Waals surface area contributed by atoms with E-state index in [-0.39, 0.29) is 0 Å². The molecule has 0 radical (unpaired) electrons. The Bertz CT molecular complexity index is 656. The van der Waals surface area contributed by atoms with E-state index in [2.05, 4.69) is 17.1 Å². The SMILES string of the molecule is Oc1ccccc1-c1cc(-c2ccccc2)c[nH]1. The van der Waals surface area contributed by atoms with E-state index in [1.165, 1.54) is 0 Å². The van der Waals surface area contributed by atoms with Crippen LogP contribution in [0, 0.1) is 0 Å². The minimum Gasteiger partial charge on any atom is -0.507 e. The molecule has 0 aliphatic heterocycles. The average molecular weight is 235 g/mol. The lowest BCUT2D eigenvalue weighted by Gasteiger charge is -2.00. The highest BCUT2D eigenvalue weighted by Gasteiger charge is 2.06. The van der Waals surface area contributed by atoms with Crippen LogP contribution in [0.4, 0.5) is 0 Å². The maximum absolute atomic E-state index is 9.82. The van der Waals surface area contributed by atoms with Gasteiger partial charge in [0.15, 0.2) is 0 Å². The van der Waals surface area contributed by atoms with Gasteiger partial charge in [0.2, 0.25) is 0 Å². The number of phenolic OH excluding ortho intramolecular Hbond substituents is 1. The van der Waals surface area contributed by atoms with Gasteiger partial charge in [-0.05, 0) is 29.3 Å². The van der Waals surface area contributed by atoms with Crippen molar-refractivity contribution in [1.29, 1.82) is 0 Å². The molecule has 2 N–H and O–H groups in total. The van der Waals surface area contributed by atoms with Gasteiger partial charge in [0, 0.05) is 17.5 Å². The molecule has 0 amide bonds. The van der Waals surface area contributed by atoms with E-state index in [4.69, 9.17) is 0 Å². The van der Waals surface area contributed by atoms with E-state index >= 15 is 0 Å². The lowest BCUT2D eigenvalue weighted by molar-refractivity contribution is 0.477. The third kappa shape index (κ3) is 1.89. The van der Waals surface area contributed by atoms with Gasteiger partial charge in [0.25, 0.3) is 0 Å². The molecule has 1 heterocycles. The molecule has 2 aromatic carbocycles. The Morgan fingerprint density at radius 1 is 0.778 bits per heavy atom. The molecule has 0 saturated heterocycles. The van der Waals surface area contributed by atoms with Crippen LogP contribution in [-0.2, 0) is 0 Å². The maximum atomic E-state index is 9.82. The van der Waals surface area contributed by atoms with E-state index in [1.807, 2.05) is 48.7 Å². The lowest BCUT2D eigenvalue weighted by Crippen LogP contribution is -1.76. The number of para-hydroxylation sites is 1. The number of aromatic hydroxyl groups is 1. The summed E-state index contributed by atoms with van der Waals surface area (Å²) in [5.41, 5.74) is 4.02. The molecule has 3 rings (SSSR count). The number of aromatic amines is 1. The van der Waals surface area contributed by atoms with Gasteiger partial charge in [0.1, 0.15) is 5.75 Å². The number of hydrogen-bond donors (Lipinski definition) is 2. The second-order valence-electron chi connectivity index (χ2n) is 4.19. The highest BCUT2D eigenvalue weighted by molar-refractivity contribution is 5.74. The number of hydrogen-bond acceptors (Lipinski definition) is 1. The molecule has 2 nitrogen and oxygen atoms in total. The van der Waals surface area contributed by atoms with Crippen LogP contribution in [0.5, 0.6) is 5.75 Å². The summed E-state index contributed by atoms with van der Waals surface area (Å²) in [6, 6.07) is 19.5. The van der Waals surface area contributed by atoms with Gasteiger partial charge in [-0.3, -0.25) is 0 Å². The molecule has 1 aromatic heterocycles. The number of nitrogens with one attached hydrogen (secondary N) is 1. The Balaban J connectivity index is 2.03. The van der Waals surface area contributed by atoms with Crippen molar-refractivity contribution in [3.63, 3.8) is 0 Å². The molecule has 88 valence electrons. The highest BCUT2D eigenvalue weighted by Crippen LogP contribution is 2.30. The molecule has 0 unspecified atom stereocenters. The van der Waals surface area contributed by atoms with Gasteiger partial charge in [-0.2, -0.15) is 0 Å². The number of benzene rings is 2. The van der Waals surface area contributed by atoms with Crippen molar-refractivity contribution in [3.8, 4) is 28.1 Å². The Hall–Kier alpha value is -2.48. The van der Waals surface area contributed by atoms with Crippen molar-refractivity contribution in [1.82, 2.24) is 4.98 Å². The Morgan fingerprint density at radius 2 is 1.50 bits per heavy atom. The van der Waals surface area contributed by atoms with Gasteiger partial charge < -0.3 is 10.1 Å². The number of phenols is 1. The second kappa shape index (κ2) is 4.41. The van der Waals surface area contributed by atoms with Crippen molar-refractivity contribution in [2.24, 2.45) is 0 Å². The predicted molar refractivity (Wildman–Crippen MR) is 73.3 cm³/mol. The Kier molecular flexibility index (Phi) is 2.61. The van der Waals surface area contributed by atoms with Crippen molar-refractivity contribution in [3.05, 3.63) is 66.9 Å². The summed E-state index contributed by atoms with van der Waals surface area (Å²) in [5.74, 6) is 0.291. The van der Waals surface area contributed by atoms with Crippen molar-refractivity contribution in [2.75, 3.05) is 0 Å². The maximum Gasteiger partial charge on any atom is 0.124 e. The summed E-state index contributed by atoms with van der Waals surface area (Å²) in [7, 11) is 0. The smallest absolute Gasteiger partial charge is 0.124 e. The fourth-order valence-corrected chi connectivity index (χ4v) is 2.05. The zero-order chi connectivity index (χ0) is 12.4. The van der Waals surface area contributed by atoms with Gasteiger partial charge in [0.05, 0.1) is 0 Å². The zero-order valence-electron chi connectivity index (χ0n) is 9.80. The minimum atomic E-state index is 0.291. The van der Waals surface area contributed by atoms with E-state index in [9.17, 15) is 5.11 Å². The topological polar surface area (TPSA) is 36.0 Å². The molecular weight excluding hydrogens is 222 g/mol. The lowest BCUT2D eigenvalue weighted by atomic mass is 10.1. The van der Waals surface area contributed by atoms with Crippen LogP contribution in [0.15, 0.2) is 66.9 Å². The quantitative estimate of drug-likeness (QED) is 0.690. The molecule has 18 heavy (non-hydrogen) atoms. The molecule has 0 aliphatic rings. The molecule has 0 bridgehead atoms. The third-order valence-electron chi connectivity index (χ3n) is 2.98. The van der Waals surface area contributed by atoms with Gasteiger partial charge in [-0.1, -0.05) is 42.5 Å². The molecule has 0 spiro atoms. The molecular formula is C16H13NO. The standard InChI is InChI=1S/C16H13NO/c18-16-9-5-4-8-14(16)15-10-13(11-17-15)12-6-2-1-3-7-12/h1-11,17-18H. The van der Waals surface area contributed by atoms with Crippen molar-refractivity contribution in [2.45, 2.75) is 0 Å². The first-order chi connectivity index (χ1) is 8.84. The first-order valence-corrected chi connectivity index (χ1v) is 5.87. The third-order valence-corrected chi connectivity index (χ3v) is 2.98. The average Bonchev–Trinajstić information content (AvgIpc) is 2.90. The first-order valence-electron chi connectivity index (χ1n) is 5.87.